The van der Waals surface area contributed by atoms with Gasteiger partial charge in [0.1, 0.15) is 6.04 Å². The second-order valence-corrected chi connectivity index (χ2v) is 5.28. The average Bonchev–Trinajstić information content (AvgIpc) is 2.81. The number of nitrogens with one attached hydrogen (secondary N) is 1. The molecule has 0 amide bonds. The number of hydrogen-bond donors (Lipinski definition) is 1. The van der Waals surface area contributed by atoms with Crippen LogP contribution in [0.3, 0.4) is 0 Å². The Balaban J connectivity index is 2.31. The molecule has 1 rings (SSSR count). The van der Waals surface area contributed by atoms with Gasteiger partial charge in [-0.2, -0.15) is 5.26 Å². The summed E-state index contributed by atoms with van der Waals surface area (Å²) >= 11 is 0. The first-order chi connectivity index (χ1) is 8.71. The van der Waals surface area contributed by atoms with E-state index in [4.69, 9.17) is 5.26 Å². The van der Waals surface area contributed by atoms with E-state index < -0.39 is 0 Å². The zero-order valence-corrected chi connectivity index (χ0v) is 12.2. The predicted molar refractivity (Wildman–Crippen MR) is 75.5 cm³/mol. The number of nitrogens with zero attached hydrogens (tertiary/aromatic N) is 3. The van der Waals surface area contributed by atoms with E-state index in [0.717, 1.165) is 32.6 Å². The topological polar surface area (TPSA) is 42.3 Å². The summed E-state index contributed by atoms with van der Waals surface area (Å²) in [6.45, 7) is 9.59. The van der Waals surface area contributed by atoms with Crippen LogP contribution in [0.1, 0.15) is 33.1 Å². The molecular weight excluding hydrogens is 224 g/mol. The molecule has 1 fully saturated rings. The maximum absolute atomic E-state index is 9.11. The molecule has 1 aliphatic rings. The lowest BCUT2D eigenvalue weighted by Crippen LogP contribution is -2.44. The first kappa shape index (κ1) is 15.4. The zero-order chi connectivity index (χ0) is 13.4. The maximum Gasteiger partial charge on any atom is 0.108 e. The second-order valence-electron chi connectivity index (χ2n) is 5.28. The van der Waals surface area contributed by atoms with E-state index in [2.05, 4.69) is 42.1 Å². The molecule has 0 aromatic heterocycles. The van der Waals surface area contributed by atoms with Gasteiger partial charge in [0.05, 0.1) is 6.07 Å². The molecule has 104 valence electrons. The molecule has 1 N–H and O–H groups in total. The van der Waals surface area contributed by atoms with Crippen LogP contribution in [0, 0.1) is 11.3 Å². The third kappa shape index (κ3) is 4.93. The van der Waals surface area contributed by atoms with Crippen molar-refractivity contribution in [1.29, 1.82) is 5.26 Å². The van der Waals surface area contributed by atoms with Crippen molar-refractivity contribution in [3.63, 3.8) is 0 Å². The van der Waals surface area contributed by atoms with Gasteiger partial charge in [-0.05, 0) is 45.9 Å². The fourth-order valence-electron chi connectivity index (χ4n) is 2.73. The Hall–Kier alpha value is -0.630. The number of likely N-dealkylation sites (tertiary alicyclic amines) is 1. The van der Waals surface area contributed by atoms with E-state index in [0.29, 0.717) is 6.04 Å². The second kappa shape index (κ2) is 8.47. The van der Waals surface area contributed by atoms with Gasteiger partial charge in [0.2, 0.25) is 0 Å². The highest BCUT2D eigenvalue weighted by molar-refractivity contribution is 4.92. The summed E-state index contributed by atoms with van der Waals surface area (Å²) in [4.78, 5) is 4.85. The SMILES string of the molecule is CCCNC(C#N)CN(C)CC1CCCN1CC. The van der Waals surface area contributed by atoms with Crippen molar-refractivity contribution in [2.75, 3.05) is 39.8 Å². The minimum Gasteiger partial charge on any atom is -0.302 e. The number of nitriles is 1. The molecule has 0 aromatic carbocycles. The Morgan fingerprint density at radius 3 is 2.89 bits per heavy atom. The maximum atomic E-state index is 9.11. The number of likely N-dealkylation sites (N-methyl/N-ethyl adjacent to an activating group) is 2. The highest BCUT2D eigenvalue weighted by Crippen LogP contribution is 2.17. The van der Waals surface area contributed by atoms with Crippen molar-refractivity contribution >= 4 is 0 Å². The van der Waals surface area contributed by atoms with Crippen molar-refractivity contribution < 1.29 is 0 Å². The summed E-state index contributed by atoms with van der Waals surface area (Å²) in [5, 5.41) is 12.4. The van der Waals surface area contributed by atoms with Crippen LogP contribution in [0.15, 0.2) is 0 Å². The van der Waals surface area contributed by atoms with Crippen molar-refractivity contribution in [2.45, 2.75) is 45.2 Å². The Morgan fingerprint density at radius 1 is 1.50 bits per heavy atom. The van der Waals surface area contributed by atoms with Gasteiger partial charge < -0.3 is 10.2 Å². The van der Waals surface area contributed by atoms with Gasteiger partial charge in [-0.25, -0.2) is 0 Å². The molecule has 0 spiro atoms. The third-order valence-corrected chi connectivity index (χ3v) is 3.72. The molecule has 2 unspecified atom stereocenters. The van der Waals surface area contributed by atoms with Crippen LogP contribution in [-0.2, 0) is 0 Å². The Kier molecular flexibility index (Phi) is 7.26. The van der Waals surface area contributed by atoms with Crippen molar-refractivity contribution in [1.82, 2.24) is 15.1 Å². The highest BCUT2D eigenvalue weighted by atomic mass is 15.2. The minimum absolute atomic E-state index is 0.0357. The lowest BCUT2D eigenvalue weighted by Gasteiger charge is -2.28. The fraction of sp³-hybridized carbons (Fsp3) is 0.929. The van der Waals surface area contributed by atoms with Crippen LogP contribution >= 0.6 is 0 Å². The summed E-state index contributed by atoms with van der Waals surface area (Å²) in [5.41, 5.74) is 0. The Bertz CT molecular complexity index is 261. The summed E-state index contributed by atoms with van der Waals surface area (Å²) in [7, 11) is 2.13. The van der Waals surface area contributed by atoms with Crippen LogP contribution in [0.2, 0.25) is 0 Å². The molecule has 1 aliphatic heterocycles. The van der Waals surface area contributed by atoms with E-state index in [1.54, 1.807) is 0 Å². The molecule has 0 aromatic rings. The van der Waals surface area contributed by atoms with E-state index >= 15 is 0 Å². The van der Waals surface area contributed by atoms with Crippen LogP contribution in [0.25, 0.3) is 0 Å². The van der Waals surface area contributed by atoms with Gasteiger partial charge in [0, 0.05) is 19.1 Å². The fourth-order valence-corrected chi connectivity index (χ4v) is 2.73. The van der Waals surface area contributed by atoms with Crippen molar-refractivity contribution in [2.24, 2.45) is 0 Å². The molecule has 2 atom stereocenters. The molecule has 4 nitrogen and oxygen atoms in total. The molecule has 18 heavy (non-hydrogen) atoms. The van der Waals surface area contributed by atoms with E-state index in [1.807, 2.05) is 0 Å². The largest absolute Gasteiger partial charge is 0.302 e. The summed E-state index contributed by atoms with van der Waals surface area (Å²) in [6.07, 6.45) is 3.70. The molecular formula is C14H28N4. The summed E-state index contributed by atoms with van der Waals surface area (Å²) < 4.78 is 0. The molecule has 4 heteroatoms. The lowest BCUT2D eigenvalue weighted by atomic mass is 10.2. The molecule has 0 saturated carbocycles. The van der Waals surface area contributed by atoms with Gasteiger partial charge in [0.15, 0.2) is 0 Å². The van der Waals surface area contributed by atoms with Gasteiger partial charge >= 0.3 is 0 Å². The molecule has 1 saturated heterocycles. The van der Waals surface area contributed by atoms with Crippen LogP contribution in [0.4, 0.5) is 0 Å². The summed E-state index contributed by atoms with van der Waals surface area (Å²) in [6, 6.07) is 3.00. The van der Waals surface area contributed by atoms with E-state index in [9.17, 15) is 0 Å². The molecule has 0 radical (unpaired) electrons. The van der Waals surface area contributed by atoms with E-state index in [-0.39, 0.29) is 6.04 Å². The normalized spacial score (nSPS) is 22.3. The van der Waals surface area contributed by atoms with Crippen LogP contribution in [-0.4, -0.2) is 61.7 Å². The smallest absolute Gasteiger partial charge is 0.108 e. The molecule has 0 bridgehead atoms. The summed E-state index contributed by atoms with van der Waals surface area (Å²) in [5.74, 6) is 0. The standard InChI is InChI=1S/C14H28N4/c1-4-8-16-13(10-15)11-17(3)12-14-7-6-9-18(14)5-2/h13-14,16H,4-9,11-12H2,1-3H3. The number of hydrogen-bond acceptors (Lipinski definition) is 4. The van der Waals surface area contributed by atoms with Crippen molar-refractivity contribution in [3.8, 4) is 6.07 Å². The zero-order valence-electron chi connectivity index (χ0n) is 12.2. The van der Waals surface area contributed by atoms with Gasteiger partial charge in [-0.1, -0.05) is 13.8 Å². The Labute approximate surface area is 112 Å². The highest BCUT2D eigenvalue weighted by Gasteiger charge is 2.24. The van der Waals surface area contributed by atoms with Crippen LogP contribution in [0.5, 0.6) is 0 Å². The van der Waals surface area contributed by atoms with Gasteiger partial charge in [-0.3, -0.25) is 4.90 Å². The third-order valence-electron chi connectivity index (χ3n) is 3.72. The first-order valence-corrected chi connectivity index (χ1v) is 7.26. The lowest BCUT2D eigenvalue weighted by molar-refractivity contribution is 0.194. The quantitative estimate of drug-likeness (QED) is 0.707. The van der Waals surface area contributed by atoms with Crippen molar-refractivity contribution in [3.05, 3.63) is 0 Å². The molecule has 1 heterocycles. The van der Waals surface area contributed by atoms with Gasteiger partial charge in [-0.15, -0.1) is 0 Å². The molecule has 0 aliphatic carbocycles. The Morgan fingerprint density at radius 2 is 2.28 bits per heavy atom. The average molecular weight is 252 g/mol. The van der Waals surface area contributed by atoms with Gasteiger partial charge in [0.25, 0.3) is 0 Å². The number of rotatable bonds is 8. The minimum atomic E-state index is -0.0357. The van der Waals surface area contributed by atoms with E-state index in [1.165, 1.54) is 19.4 Å². The monoisotopic (exact) mass is 252 g/mol. The first-order valence-electron chi connectivity index (χ1n) is 7.26. The van der Waals surface area contributed by atoms with Crippen LogP contribution < -0.4 is 5.32 Å². The predicted octanol–water partition coefficient (Wildman–Crippen LogP) is 1.29.